The van der Waals surface area contributed by atoms with Crippen molar-refractivity contribution in [1.82, 2.24) is 10.6 Å². The van der Waals surface area contributed by atoms with Crippen molar-refractivity contribution in [3.63, 3.8) is 0 Å². The van der Waals surface area contributed by atoms with E-state index in [0.29, 0.717) is 5.56 Å². The zero-order valence-corrected chi connectivity index (χ0v) is 18.4. The van der Waals surface area contributed by atoms with Gasteiger partial charge in [-0.15, -0.1) is 0 Å². The first kappa shape index (κ1) is 23.3. The van der Waals surface area contributed by atoms with Crippen LogP contribution in [0.4, 0.5) is 0 Å². The Morgan fingerprint density at radius 3 is 2.03 bits per heavy atom. The summed E-state index contributed by atoms with van der Waals surface area (Å²) < 4.78 is 0. The van der Waals surface area contributed by atoms with E-state index in [0.717, 1.165) is 36.5 Å². The molecule has 1 atom stereocenters. The van der Waals surface area contributed by atoms with Gasteiger partial charge in [0.25, 0.3) is 5.91 Å². The van der Waals surface area contributed by atoms with E-state index in [-0.39, 0.29) is 17.9 Å². The van der Waals surface area contributed by atoms with E-state index in [1.165, 1.54) is 44.9 Å². The van der Waals surface area contributed by atoms with Crippen LogP contribution in [-0.4, -0.2) is 35.6 Å². The third-order valence-corrected chi connectivity index (χ3v) is 6.27. The van der Waals surface area contributed by atoms with Crippen LogP contribution in [-0.2, 0) is 4.79 Å². The lowest BCUT2D eigenvalue weighted by Gasteiger charge is -2.23. The highest BCUT2D eigenvalue weighted by atomic mass is 16.3. The first-order chi connectivity index (χ1) is 15.2. The van der Waals surface area contributed by atoms with Crippen LogP contribution in [0.2, 0.25) is 0 Å². The Hall–Kier alpha value is -2.40. The van der Waals surface area contributed by atoms with Crippen LogP contribution < -0.4 is 10.6 Å². The van der Waals surface area contributed by atoms with E-state index in [4.69, 9.17) is 0 Å². The topological polar surface area (TPSA) is 78.4 Å². The van der Waals surface area contributed by atoms with Crippen LogP contribution in [0.15, 0.2) is 42.5 Å². The number of carbonyl (C=O) groups excluding carboxylic acids is 2. The number of benzene rings is 2. The number of nitrogens with one attached hydrogen (secondary N) is 2. The minimum Gasteiger partial charge on any atom is -0.394 e. The summed E-state index contributed by atoms with van der Waals surface area (Å²) >= 11 is 0. The maximum Gasteiger partial charge on any atom is 0.252 e. The number of aliphatic hydroxyl groups excluding tert-OH is 1. The summed E-state index contributed by atoms with van der Waals surface area (Å²) in [5.74, 6) is -0.646. The zero-order valence-electron chi connectivity index (χ0n) is 18.4. The lowest BCUT2D eigenvalue weighted by atomic mass is 9.97. The third kappa shape index (κ3) is 7.35. The third-order valence-electron chi connectivity index (χ3n) is 6.27. The summed E-state index contributed by atoms with van der Waals surface area (Å²) in [6.45, 7) is -0.419. The zero-order chi connectivity index (χ0) is 21.9. The summed E-state index contributed by atoms with van der Waals surface area (Å²) in [5, 5.41) is 17.6. The van der Waals surface area contributed by atoms with Crippen molar-refractivity contribution in [1.29, 1.82) is 0 Å². The normalized spacial score (nSPS) is 17.8. The second-order valence-electron chi connectivity index (χ2n) is 8.74. The van der Waals surface area contributed by atoms with Gasteiger partial charge >= 0.3 is 0 Å². The van der Waals surface area contributed by atoms with Crippen LogP contribution in [0.25, 0.3) is 10.8 Å². The molecule has 168 valence electrons. The Kier molecular flexibility index (Phi) is 9.35. The molecule has 1 aliphatic rings. The number of fused-ring (bicyclic) bond motifs is 1. The van der Waals surface area contributed by atoms with Gasteiger partial charge in [-0.2, -0.15) is 0 Å². The van der Waals surface area contributed by atoms with Crippen LogP contribution in [0.5, 0.6) is 0 Å². The number of carbonyl (C=O) groups is 2. The second-order valence-corrected chi connectivity index (χ2v) is 8.74. The minimum absolute atomic E-state index is 0.110. The molecule has 1 aliphatic carbocycles. The largest absolute Gasteiger partial charge is 0.394 e. The lowest BCUT2D eigenvalue weighted by molar-refractivity contribution is -0.124. The van der Waals surface area contributed by atoms with Crippen LogP contribution in [0.3, 0.4) is 0 Å². The highest BCUT2D eigenvalue weighted by molar-refractivity contribution is 6.00. The van der Waals surface area contributed by atoms with E-state index in [1.54, 1.807) is 6.07 Å². The summed E-state index contributed by atoms with van der Waals surface area (Å²) in [4.78, 5) is 25.5. The number of aliphatic hydroxyl groups is 1. The van der Waals surface area contributed by atoms with Gasteiger partial charge in [-0.1, -0.05) is 88.1 Å². The molecule has 0 unspecified atom stereocenters. The quantitative estimate of drug-likeness (QED) is 0.650. The smallest absolute Gasteiger partial charge is 0.252 e. The Morgan fingerprint density at radius 2 is 1.42 bits per heavy atom. The molecule has 0 bridgehead atoms. The molecule has 5 nitrogen and oxygen atoms in total. The standard InChI is InChI=1S/C26H36N2O3/c29-19-24(28-25(30)22-17-16-20-12-10-11-13-21(20)18-22)26(31)27-23-14-8-6-4-2-1-3-5-7-9-15-23/h10-13,16-18,23-24,29H,1-9,14-15,19H2,(H,27,31)(H,28,30)/t24-/m0/s1. The Bertz CT molecular complexity index is 839. The molecule has 3 N–H and O–H groups in total. The van der Waals surface area contributed by atoms with Gasteiger partial charge in [0.05, 0.1) is 6.61 Å². The molecule has 5 heteroatoms. The maximum absolute atomic E-state index is 12.8. The van der Waals surface area contributed by atoms with Crippen molar-refractivity contribution in [3.8, 4) is 0 Å². The number of rotatable bonds is 5. The first-order valence-corrected chi connectivity index (χ1v) is 11.9. The fraction of sp³-hybridized carbons (Fsp3) is 0.538. The molecule has 2 aromatic rings. The SMILES string of the molecule is O=C(N[C@@H](CO)C(=O)NC1CCCCCCCCCCC1)c1ccc2ccccc2c1. The molecule has 0 radical (unpaired) electrons. The number of hydrogen-bond donors (Lipinski definition) is 3. The van der Waals surface area contributed by atoms with Crippen LogP contribution >= 0.6 is 0 Å². The Labute approximate surface area is 185 Å². The van der Waals surface area contributed by atoms with Crippen molar-refractivity contribution < 1.29 is 14.7 Å². The molecule has 31 heavy (non-hydrogen) atoms. The van der Waals surface area contributed by atoms with E-state index in [2.05, 4.69) is 10.6 Å². The summed E-state index contributed by atoms with van der Waals surface area (Å²) in [6, 6.07) is 12.4. The van der Waals surface area contributed by atoms with Crippen molar-refractivity contribution >= 4 is 22.6 Å². The molecule has 2 amide bonds. The molecular weight excluding hydrogens is 388 g/mol. The van der Waals surface area contributed by atoms with Crippen LogP contribution in [0.1, 0.15) is 81.0 Å². The van der Waals surface area contributed by atoms with Crippen LogP contribution in [0, 0.1) is 0 Å². The predicted octanol–water partition coefficient (Wildman–Crippen LogP) is 4.72. The monoisotopic (exact) mass is 424 g/mol. The molecule has 0 heterocycles. The van der Waals surface area contributed by atoms with Gasteiger partial charge in [0, 0.05) is 11.6 Å². The van der Waals surface area contributed by atoms with Gasteiger partial charge in [0.1, 0.15) is 6.04 Å². The Balaban J connectivity index is 1.57. The molecule has 0 saturated heterocycles. The van der Waals surface area contributed by atoms with E-state index < -0.39 is 12.6 Å². The summed E-state index contributed by atoms with van der Waals surface area (Å²) in [5.41, 5.74) is 0.482. The minimum atomic E-state index is -0.944. The average Bonchev–Trinajstić information content (AvgIpc) is 2.78. The van der Waals surface area contributed by atoms with Crippen molar-refractivity contribution in [2.24, 2.45) is 0 Å². The second kappa shape index (κ2) is 12.5. The van der Waals surface area contributed by atoms with Gasteiger partial charge in [-0.25, -0.2) is 0 Å². The maximum atomic E-state index is 12.8. The fourth-order valence-electron chi connectivity index (χ4n) is 4.38. The number of hydrogen-bond acceptors (Lipinski definition) is 3. The average molecular weight is 425 g/mol. The van der Waals surface area contributed by atoms with Gasteiger partial charge < -0.3 is 15.7 Å². The summed E-state index contributed by atoms with van der Waals surface area (Å²) in [7, 11) is 0. The van der Waals surface area contributed by atoms with E-state index in [1.807, 2.05) is 36.4 Å². The summed E-state index contributed by atoms with van der Waals surface area (Å²) in [6.07, 6.45) is 13.0. The molecule has 3 rings (SSSR count). The fourth-order valence-corrected chi connectivity index (χ4v) is 4.38. The predicted molar refractivity (Wildman–Crippen MR) is 125 cm³/mol. The van der Waals surface area contributed by atoms with Gasteiger partial charge in [-0.3, -0.25) is 9.59 Å². The molecule has 0 spiro atoms. The first-order valence-electron chi connectivity index (χ1n) is 11.9. The van der Waals surface area contributed by atoms with Gasteiger partial charge in [-0.05, 0) is 35.7 Å². The lowest BCUT2D eigenvalue weighted by Crippen LogP contribution is -2.51. The molecular formula is C26H36N2O3. The highest BCUT2D eigenvalue weighted by Crippen LogP contribution is 2.18. The van der Waals surface area contributed by atoms with E-state index >= 15 is 0 Å². The van der Waals surface area contributed by atoms with Gasteiger partial charge in [0.15, 0.2) is 0 Å². The van der Waals surface area contributed by atoms with E-state index in [9.17, 15) is 14.7 Å². The molecule has 1 fully saturated rings. The molecule has 0 aromatic heterocycles. The molecule has 1 saturated carbocycles. The molecule has 0 aliphatic heterocycles. The van der Waals surface area contributed by atoms with Crippen molar-refractivity contribution in [2.75, 3.05) is 6.61 Å². The molecule has 2 aromatic carbocycles. The van der Waals surface area contributed by atoms with Gasteiger partial charge in [0.2, 0.25) is 5.91 Å². The van der Waals surface area contributed by atoms with Crippen molar-refractivity contribution in [3.05, 3.63) is 48.0 Å². The Morgan fingerprint density at radius 1 is 0.839 bits per heavy atom. The highest BCUT2D eigenvalue weighted by Gasteiger charge is 2.23. The van der Waals surface area contributed by atoms with Crippen molar-refractivity contribution in [2.45, 2.75) is 82.7 Å². The number of amides is 2.